The lowest BCUT2D eigenvalue weighted by Crippen LogP contribution is -2.44. The van der Waals surface area contributed by atoms with Crippen molar-refractivity contribution in [3.05, 3.63) is 22.4 Å². The van der Waals surface area contributed by atoms with Crippen LogP contribution in [0.5, 0.6) is 0 Å². The molecule has 2 rings (SSSR count). The number of likely N-dealkylation sites (tertiary alicyclic amines) is 1. The van der Waals surface area contributed by atoms with Gasteiger partial charge in [0.1, 0.15) is 0 Å². The molecule has 0 bridgehead atoms. The summed E-state index contributed by atoms with van der Waals surface area (Å²) in [6.45, 7) is 10.2. The second kappa shape index (κ2) is 9.16. The highest BCUT2D eigenvalue weighted by molar-refractivity contribution is 7.09. The molecule has 1 aromatic rings. The highest BCUT2D eigenvalue weighted by atomic mass is 32.1. The van der Waals surface area contributed by atoms with Crippen molar-refractivity contribution in [1.29, 1.82) is 0 Å². The van der Waals surface area contributed by atoms with Crippen molar-refractivity contribution in [2.75, 3.05) is 33.2 Å². The maximum absolute atomic E-state index is 4.32. The van der Waals surface area contributed by atoms with Crippen LogP contribution in [-0.4, -0.2) is 44.1 Å². The minimum absolute atomic E-state index is 0.729. The third kappa shape index (κ3) is 5.97. The van der Waals surface area contributed by atoms with Crippen LogP contribution in [0.3, 0.4) is 0 Å². The third-order valence-electron chi connectivity index (χ3n) is 4.02. The molecular weight excluding hydrogens is 292 g/mol. The zero-order valence-electron chi connectivity index (χ0n) is 14.1. The van der Waals surface area contributed by atoms with E-state index in [0.29, 0.717) is 0 Å². The van der Waals surface area contributed by atoms with E-state index in [1.807, 2.05) is 7.05 Å². The molecule has 0 amide bonds. The Bertz CT molecular complexity index is 442. The molecule has 0 aromatic carbocycles. The van der Waals surface area contributed by atoms with Crippen LogP contribution in [0.2, 0.25) is 0 Å². The molecule has 1 unspecified atom stereocenters. The van der Waals surface area contributed by atoms with Crippen LogP contribution in [0.1, 0.15) is 31.6 Å². The second-order valence-corrected chi connectivity index (χ2v) is 7.58. The van der Waals surface area contributed by atoms with Gasteiger partial charge in [0.05, 0.1) is 6.54 Å². The number of rotatable bonds is 6. The lowest BCUT2D eigenvalue weighted by atomic mass is 9.97. The van der Waals surface area contributed by atoms with Gasteiger partial charge in [-0.25, -0.2) is 0 Å². The van der Waals surface area contributed by atoms with Crippen molar-refractivity contribution in [3.63, 3.8) is 0 Å². The van der Waals surface area contributed by atoms with Crippen LogP contribution in [0.15, 0.2) is 22.5 Å². The summed E-state index contributed by atoms with van der Waals surface area (Å²) in [6.07, 6.45) is 2.64. The van der Waals surface area contributed by atoms with Crippen molar-refractivity contribution < 1.29 is 0 Å². The Morgan fingerprint density at radius 2 is 2.32 bits per heavy atom. The number of hydrogen-bond acceptors (Lipinski definition) is 3. The molecule has 0 aliphatic carbocycles. The van der Waals surface area contributed by atoms with E-state index in [4.69, 9.17) is 0 Å². The normalized spacial score (nSPS) is 20.4. The van der Waals surface area contributed by atoms with Gasteiger partial charge < -0.3 is 15.5 Å². The molecule has 1 aromatic heterocycles. The summed E-state index contributed by atoms with van der Waals surface area (Å²) in [5.74, 6) is 2.40. The first-order chi connectivity index (χ1) is 10.7. The summed E-state index contributed by atoms with van der Waals surface area (Å²) in [5, 5.41) is 8.99. The first-order valence-electron chi connectivity index (χ1n) is 8.36. The number of thiophene rings is 1. The van der Waals surface area contributed by atoms with Crippen molar-refractivity contribution in [3.8, 4) is 0 Å². The van der Waals surface area contributed by atoms with Crippen LogP contribution in [-0.2, 0) is 6.54 Å². The van der Waals surface area contributed by atoms with Crippen LogP contribution in [0.25, 0.3) is 0 Å². The minimum atomic E-state index is 0.729. The standard InChI is InChI=1S/C17H30N4S/c1-14(2)12-21-8-4-6-15(13-21)10-19-17(18-3)20-11-16-7-5-9-22-16/h5,7,9,14-15H,4,6,8,10-13H2,1-3H3,(H2,18,19,20). The highest BCUT2D eigenvalue weighted by Gasteiger charge is 2.20. The Morgan fingerprint density at radius 1 is 1.45 bits per heavy atom. The quantitative estimate of drug-likeness (QED) is 0.625. The van der Waals surface area contributed by atoms with E-state index in [9.17, 15) is 0 Å². The first-order valence-corrected chi connectivity index (χ1v) is 9.24. The average molecular weight is 323 g/mol. The van der Waals surface area contributed by atoms with Crippen LogP contribution >= 0.6 is 11.3 Å². The van der Waals surface area contributed by atoms with E-state index in [0.717, 1.165) is 30.9 Å². The molecule has 1 aliphatic rings. The SMILES string of the molecule is CN=C(NCc1cccs1)NCC1CCCN(CC(C)C)C1. The number of piperidine rings is 1. The molecule has 2 N–H and O–H groups in total. The topological polar surface area (TPSA) is 39.7 Å². The predicted molar refractivity (Wildman–Crippen MR) is 96.5 cm³/mol. The Labute approximate surface area is 139 Å². The number of guanidine groups is 1. The second-order valence-electron chi connectivity index (χ2n) is 6.55. The molecule has 2 heterocycles. The number of aliphatic imine (C=N–C) groups is 1. The lowest BCUT2D eigenvalue weighted by molar-refractivity contribution is 0.159. The summed E-state index contributed by atoms with van der Waals surface area (Å²) in [5.41, 5.74) is 0. The number of hydrogen-bond donors (Lipinski definition) is 2. The molecule has 0 radical (unpaired) electrons. The van der Waals surface area contributed by atoms with Gasteiger partial charge in [-0.1, -0.05) is 19.9 Å². The Kier molecular flexibility index (Phi) is 7.19. The van der Waals surface area contributed by atoms with E-state index in [1.165, 1.54) is 37.4 Å². The average Bonchev–Trinajstić information content (AvgIpc) is 3.00. The summed E-state index contributed by atoms with van der Waals surface area (Å²) < 4.78 is 0. The zero-order valence-corrected chi connectivity index (χ0v) is 15.0. The largest absolute Gasteiger partial charge is 0.356 e. The van der Waals surface area contributed by atoms with E-state index in [1.54, 1.807) is 11.3 Å². The summed E-state index contributed by atoms with van der Waals surface area (Å²) in [6, 6.07) is 4.24. The molecule has 124 valence electrons. The van der Waals surface area contributed by atoms with Gasteiger partial charge >= 0.3 is 0 Å². The van der Waals surface area contributed by atoms with Gasteiger partial charge in [-0.2, -0.15) is 0 Å². The monoisotopic (exact) mass is 322 g/mol. The van der Waals surface area contributed by atoms with Crippen molar-refractivity contribution in [1.82, 2.24) is 15.5 Å². The van der Waals surface area contributed by atoms with Gasteiger partial charge in [0, 0.05) is 31.6 Å². The van der Waals surface area contributed by atoms with E-state index >= 15 is 0 Å². The van der Waals surface area contributed by atoms with Crippen molar-refractivity contribution in [2.45, 2.75) is 33.2 Å². The van der Waals surface area contributed by atoms with Crippen LogP contribution < -0.4 is 10.6 Å². The molecule has 5 heteroatoms. The van der Waals surface area contributed by atoms with Gasteiger partial charge in [-0.05, 0) is 42.7 Å². The Hall–Kier alpha value is -1.07. The molecule has 1 aliphatic heterocycles. The minimum Gasteiger partial charge on any atom is -0.356 e. The molecular formula is C17H30N4S. The van der Waals surface area contributed by atoms with Crippen LogP contribution in [0, 0.1) is 11.8 Å². The number of nitrogens with one attached hydrogen (secondary N) is 2. The summed E-state index contributed by atoms with van der Waals surface area (Å²) in [4.78, 5) is 8.27. The van der Waals surface area contributed by atoms with Crippen molar-refractivity contribution >= 4 is 17.3 Å². The van der Waals surface area contributed by atoms with Gasteiger partial charge in [0.25, 0.3) is 0 Å². The van der Waals surface area contributed by atoms with Gasteiger partial charge in [0.15, 0.2) is 5.96 Å². The number of nitrogens with zero attached hydrogens (tertiary/aromatic N) is 2. The van der Waals surface area contributed by atoms with Gasteiger partial charge in [0.2, 0.25) is 0 Å². The molecule has 0 spiro atoms. The van der Waals surface area contributed by atoms with Crippen LogP contribution in [0.4, 0.5) is 0 Å². The molecule has 1 fully saturated rings. The fourth-order valence-electron chi connectivity index (χ4n) is 3.05. The summed E-state index contributed by atoms with van der Waals surface area (Å²) >= 11 is 1.78. The fraction of sp³-hybridized carbons (Fsp3) is 0.706. The molecule has 0 saturated carbocycles. The molecule has 4 nitrogen and oxygen atoms in total. The Balaban J connectivity index is 1.70. The lowest BCUT2D eigenvalue weighted by Gasteiger charge is -2.34. The van der Waals surface area contributed by atoms with E-state index < -0.39 is 0 Å². The molecule has 1 saturated heterocycles. The van der Waals surface area contributed by atoms with Crippen molar-refractivity contribution in [2.24, 2.45) is 16.8 Å². The maximum Gasteiger partial charge on any atom is 0.191 e. The Morgan fingerprint density at radius 3 is 3.00 bits per heavy atom. The zero-order chi connectivity index (χ0) is 15.8. The summed E-state index contributed by atoms with van der Waals surface area (Å²) in [7, 11) is 1.84. The van der Waals surface area contributed by atoms with E-state index in [2.05, 4.69) is 51.9 Å². The molecule has 1 atom stereocenters. The van der Waals surface area contributed by atoms with Gasteiger partial charge in [-0.3, -0.25) is 4.99 Å². The van der Waals surface area contributed by atoms with Gasteiger partial charge in [-0.15, -0.1) is 11.3 Å². The first kappa shape index (κ1) is 17.3. The van der Waals surface area contributed by atoms with E-state index in [-0.39, 0.29) is 0 Å². The fourth-order valence-corrected chi connectivity index (χ4v) is 3.69. The predicted octanol–water partition coefficient (Wildman–Crippen LogP) is 2.78. The maximum atomic E-state index is 4.32. The highest BCUT2D eigenvalue weighted by Crippen LogP contribution is 2.16. The smallest absolute Gasteiger partial charge is 0.191 e. The third-order valence-corrected chi connectivity index (χ3v) is 4.89. The molecule has 22 heavy (non-hydrogen) atoms.